The molecule has 0 aliphatic carbocycles. The van der Waals surface area contributed by atoms with Gasteiger partial charge in [-0.2, -0.15) is 0 Å². The summed E-state index contributed by atoms with van der Waals surface area (Å²) >= 11 is 0. The first-order valence-corrected chi connectivity index (χ1v) is 3.94. The molecule has 1 aromatic rings. The minimum Gasteiger partial charge on any atom is -0.480 e. The number of hydrogen-bond donors (Lipinski definition) is 2. The monoisotopic (exact) mass is 184 g/mol. The van der Waals surface area contributed by atoms with Crippen LogP contribution in [0.3, 0.4) is 0 Å². The normalized spacial score (nSPS) is 15.3. The summed E-state index contributed by atoms with van der Waals surface area (Å²) in [6.45, 7) is 3.14. The maximum Gasteiger partial charge on any atom is 0.329 e. The van der Waals surface area contributed by atoms with E-state index in [1.54, 1.807) is 13.1 Å². The maximum atomic E-state index is 10.8. The molecule has 1 heterocycles. The Morgan fingerprint density at radius 1 is 1.69 bits per heavy atom. The number of aryl methyl sites for hydroxylation is 1. The smallest absolute Gasteiger partial charge is 0.329 e. The Morgan fingerprint density at radius 2 is 2.31 bits per heavy atom. The summed E-state index contributed by atoms with van der Waals surface area (Å²) in [5.74, 6) is -0.482. The first-order valence-electron chi connectivity index (χ1n) is 3.94. The quantitative estimate of drug-likeness (QED) is 0.703. The number of rotatable bonds is 3. The Labute approximate surface area is 75.6 Å². The molecule has 5 heteroatoms. The summed E-state index contributed by atoms with van der Waals surface area (Å²) in [5.41, 5.74) is 0. The van der Waals surface area contributed by atoms with E-state index in [4.69, 9.17) is 5.11 Å². The second-order valence-electron chi connectivity index (χ2n) is 2.91. The Bertz CT molecular complexity index is 306. The van der Waals surface area contributed by atoms with Gasteiger partial charge in [-0.3, -0.25) is 0 Å². The molecular weight excluding hydrogens is 172 g/mol. The molecule has 2 N–H and O–H groups in total. The van der Waals surface area contributed by atoms with E-state index >= 15 is 0 Å². The molecule has 0 saturated carbocycles. The number of imidazole rings is 1. The zero-order valence-corrected chi connectivity index (χ0v) is 7.51. The Kier molecular flexibility index (Phi) is 2.67. The van der Waals surface area contributed by atoms with Gasteiger partial charge in [0.05, 0.1) is 6.10 Å². The molecule has 0 aliphatic rings. The largest absolute Gasteiger partial charge is 0.480 e. The topological polar surface area (TPSA) is 75.4 Å². The molecule has 1 rings (SSSR count). The highest BCUT2D eigenvalue weighted by molar-refractivity contribution is 5.72. The average Bonchev–Trinajstić information content (AvgIpc) is 2.35. The van der Waals surface area contributed by atoms with Crippen molar-refractivity contribution in [2.24, 2.45) is 0 Å². The van der Waals surface area contributed by atoms with E-state index in [1.165, 1.54) is 17.7 Å². The van der Waals surface area contributed by atoms with Gasteiger partial charge in [0, 0.05) is 12.4 Å². The molecule has 2 atom stereocenters. The van der Waals surface area contributed by atoms with Crippen LogP contribution in [-0.2, 0) is 4.79 Å². The average molecular weight is 184 g/mol. The first-order chi connectivity index (χ1) is 6.04. The van der Waals surface area contributed by atoms with E-state index in [9.17, 15) is 9.90 Å². The third-order valence-electron chi connectivity index (χ3n) is 1.87. The van der Waals surface area contributed by atoms with E-state index in [2.05, 4.69) is 4.98 Å². The van der Waals surface area contributed by atoms with Gasteiger partial charge in [-0.15, -0.1) is 0 Å². The van der Waals surface area contributed by atoms with Crippen LogP contribution in [-0.4, -0.2) is 31.8 Å². The summed E-state index contributed by atoms with van der Waals surface area (Å²) in [4.78, 5) is 14.7. The fraction of sp³-hybridized carbons (Fsp3) is 0.500. The van der Waals surface area contributed by atoms with Crippen molar-refractivity contribution in [3.05, 3.63) is 18.2 Å². The van der Waals surface area contributed by atoms with E-state index in [1.807, 2.05) is 0 Å². The SMILES string of the molecule is Cc1nccn1C(C(=O)O)C(C)O. The summed E-state index contributed by atoms with van der Waals surface area (Å²) in [6.07, 6.45) is 2.11. The van der Waals surface area contributed by atoms with Crippen LogP contribution >= 0.6 is 0 Å². The molecule has 72 valence electrons. The van der Waals surface area contributed by atoms with Gasteiger partial charge in [-0.25, -0.2) is 9.78 Å². The van der Waals surface area contributed by atoms with Crippen molar-refractivity contribution in [3.63, 3.8) is 0 Å². The first kappa shape index (κ1) is 9.73. The number of carbonyl (C=O) groups is 1. The zero-order valence-electron chi connectivity index (χ0n) is 7.51. The highest BCUT2D eigenvalue weighted by atomic mass is 16.4. The van der Waals surface area contributed by atoms with Gasteiger partial charge in [0.1, 0.15) is 5.82 Å². The van der Waals surface area contributed by atoms with Crippen LogP contribution in [0.2, 0.25) is 0 Å². The van der Waals surface area contributed by atoms with Gasteiger partial charge in [-0.1, -0.05) is 0 Å². The fourth-order valence-electron chi connectivity index (χ4n) is 1.24. The predicted octanol–water partition coefficient (Wildman–Crippen LogP) is 0.198. The second kappa shape index (κ2) is 3.57. The molecule has 5 nitrogen and oxygen atoms in total. The highest BCUT2D eigenvalue weighted by Gasteiger charge is 2.25. The molecule has 0 bridgehead atoms. The molecule has 0 amide bonds. The number of hydrogen-bond acceptors (Lipinski definition) is 3. The van der Waals surface area contributed by atoms with Crippen molar-refractivity contribution < 1.29 is 15.0 Å². The number of aliphatic hydroxyl groups excluding tert-OH is 1. The standard InChI is InChI=1S/C8H12N2O3/c1-5(11)7(8(12)13)10-4-3-9-6(10)2/h3-5,7,11H,1-2H3,(H,12,13). The van der Waals surface area contributed by atoms with Crippen LogP contribution in [0.15, 0.2) is 12.4 Å². The Balaban J connectivity index is 3.02. The van der Waals surface area contributed by atoms with E-state index in [-0.39, 0.29) is 0 Å². The van der Waals surface area contributed by atoms with Gasteiger partial charge in [0.2, 0.25) is 0 Å². The van der Waals surface area contributed by atoms with Crippen LogP contribution in [0.25, 0.3) is 0 Å². The van der Waals surface area contributed by atoms with Crippen molar-refractivity contribution in [1.29, 1.82) is 0 Å². The lowest BCUT2D eigenvalue weighted by Crippen LogP contribution is -2.29. The minimum atomic E-state index is -1.06. The van der Waals surface area contributed by atoms with Crippen LogP contribution in [0.4, 0.5) is 0 Å². The van der Waals surface area contributed by atoms with Crippen LogP contribution in [0.1, 0.15) is 18.8 Å². The molecule has 13 heavy (non-hydrogen) atoms. The summed E-state index contributed by atoms with van der Waals surface area (Å²) in [7, 11) is 0. The Morgan fingerprint density at radius 3 is 2.62 bits per heavy atom. The van der Waals surface area contributed by atoms with Crippen molar-refractivity contribution in [3.8, 4) is 0 Å². The number of carboxylic acid groups (broad SMARTS) is 1. The second-order valence-corrected chi connectivity index (χ2v) is 2.91. The van der Waals surface area contributed by atoms with Gasteiger partial charge in [0.15, 0.2) is 6.04 Å². The van der Waals surface area contributed by atoms with Crippen LogP contribution < -0.4 is 0 Å². The summed E-state index contributed by atoms with van der Waals surface area (Å²) in [5, 5.41) is 18.1. The minimum absolute atomic E-state index is 0.577. The Hall–Kier alpha value is -1.36. The molecule has 2 unspecified atom stereocenters. The number of aliphatic carboxylic acids is 1. The van der Waals surface area contributed by atoms with E-state index < -0.39 is 18.1 Å². The predicted molar refractivity (Wildman–Crippen MR) is 45.3 cm³/mol. The van der Waals surface area contributed by atoms with Gasteiger partial charge < -0.3 is 14.8 Å². The molecule has 0 radical (unpaired) electrons. The lowest BCUT2D eigenvalue weighted by Gasteiger charge is -2.17. The number of carboxylic acids is 1. The van der Waals surface area contributed by atoms with Crippen LogP contribution in [0.5, 0.6) is 0 Å². The maximum absolute atomic E-state index is 10.8. The van der Waals surface area contributed by atoms with Crippen molar-refractivity contribution in [2.75, 3.05) is 0 Å². The van der Waals surface area contributed by atoms with E-state index in [0.29, 0.717) is 5.82 Å². The molecule has 1 aromatic heterocycles. The van der Waals surface area contributed by atoms with Gasteiger partial charge >= 0.3 is 5.97 Å². The molecule has 0 aromatic carbocycles. The molecule has 0 aliphatic heterocycles. The van der Waals surface area contributed by atoms with Crippen LogP contribution in [0, 0.1) is 6.92 Å². The summed E-state index contributed by atoms with van der Waals surface area (Å²) in [6, 6.07) is -0.956. The van der Waals surface area contributed by atoms with Gasteiger partial charge in [0.25, 0.3) is 0 Å². The molecule has 0 saturated heterocycles. The summed E-state index contributed by atoms with van der Waals surface area (Å²) < 4.78 is 1.44. The number of aliphatic hydroxyl groups is 1. The number of nitrogens with zero attached hydrogens (tertiary/aromatic N) is 2. The third kappa shape index (κ3) is 1.86. The van der Waals surface area contributed by atoms with Crippen molar-refractivity contribution in [1.82, 2.24) is 9.55 Å². The van der Waals surface area contributed by atoms with Crippen molar-refractivity contribution in [2.45, 2.75) is 26.0 Å². The van der Waals surface area contributed by atoms with E-state index in [0.717, 1.165) is 0 Å². The third-order valence-corrected chi connectivity index (χ3v) is 1.87. The lowest BCUT2D eigenvalue weighted by molar-refractivity contribution is -0.144. The molecule has 0 spiro atoms. The lowest BCUT2D eigenvalue weighted by atomic mass is 10.2. The van der Waals surface area contributed by atoms with Gasteiger partial charge in [-0.05, 0) is 13.8 Å². The molecular formula is C8H12N2O3. The fourth-order valence-corrected chi connectivity index (χ4v) is 1.24. The highest BCUT2D eigenvalue weighted by Crippen LogP contribution is 2.13. The van der Waals surface area contributed by atoms with Crippen molar-refractivity contribution >= 4 is 5.97 Å². The number of aromatic nitrogens is 2. The zero-order chi connectivity index (χ0) is 10.0. The molecule has 0 fully saturated rings.